The molecule has 0 heterocycles. The lowest BCUT2D eigenvalue weighted by atomic mass is 9.87. The molecule has 26 heavy (non-hydrogen) atoms. The largest absolute Gasteiger partial charge is 0.493 e. The van der Waals surface area contributed by atoms with E-state index in [0.29, 0.717) is 23.0 Å². The average molecular weight is 358 g/mol. The van der Waals surface area contributed by atoms with Crippen molar-refractivity contribution in [3.63, 3.8) is 0 Å². The van der Waals surface area contributed by atoms with Crippen LogP contribution in [0.3, 0.4) is 0 Å². The van der Waals surface area contributed by atoms with Crippen LogP contribution >= 0.6 is 0 Å². The molecule has 2 rings (SSSR count). The summed E-state index contributed by atoms with van der Waals surface area (Å²) in [5, 5.41) is 0. The summed E-state index contributed by atoms with van der Waals surface area (Å²) in [5.74, 6) is 1.66. The number of ether oxygens (including phenoxy) is 4. The van der Waals surface area contributed by atoms with Crippen molar-refractivity contribution in [3.05, 3.63) is 47.5 Å². The van der Waals surface area contributed by atoms with E-state index in [2.05, 4.69) is 20.8 Å². The Hall–Kier alpha value is -2.69. The Balaban J connectivity index is 2.12. The second-order valence-electron chi connectivity index (χ2n) is 6.96. The average Bonchev–Trinajstić information content (AvgIpc) is 2.60. The Morgan fingerprint density at radius 2 is 1.42 bits per heavy atom. The summed E-state index contributed by atoms with van der Waals surface area (Å²) in [7, 11) is 4.61. The van der Waals surface area contributed by atoms with Crippen LogP contribution in [0.2, 0.25) is 0 Å². The van der Waals surface area contributed by atoms with Gasteiger partial charge in [0.15, 0.2) is 11.5 Å². The van der Waals surface area contributed by atoms with Gasteiger partial charge in [0.25, 0.3) is 0 Å². The standard InChI is InChI=1S/C21H26O5/c1-21(2,3)15-7-9-16(10-8-15)26-19(22)13-14-11-17(23-4)20(25-6)18(12-14)24-5/h7-12H,13H2,1-6H3. The fourth-order valence-corrected chi connectivity index (χ4v) is 2.59. The van der Waals surface area contributed by atoms with Crippen molar-refractivity contribution in [2.75, 3.05) is 21.3 Å². The normalized spacial score (nSPS) is 11.0. The van der Waals surface area contributed by atoms with E-state index >= 15 is 0 Å². The van der Waals surface area contributed by atoms with E-state index < -0.39 is 0 Å². The number of carbonyl (C=O) groups is 1. The molecule has 5 nitrogen and oxygen atoms in total. The minimum atomic E-state index is -0.359. The first-order chi connectivity index (χ1) is 12.3. The molecule has 0 saturated heterocycles. The Kier molecular flexibility index (Phi) is 6.14. The summed E-state index contributed by atoms with van der Waals surface area (Å²) in [6, 6.07) is 11.1. The Morgan fingerprint density at radius 1 is 0.885 bits per heavy atom. The van der Waals surface area contributed by atoms with Gasteiger partial charge in [-0.2, -0.15) is 0 Å². The van der Waals surface area contributed by atoms with Crippen LogP contribution in [0.5, 0.6) is 23.0 Å². The zero-order valence-corrected chi connectivity index (χ0v) is 16.2. The van der Waals surface area contributed by atoms with E-state index in [1.165, 1.54) is 26.9 Å². The molecule has 0 fully saturated rings. The zero-order valence-electron chi connectivity index (χ0n) is 16.2. The first kappa shape index (κ1) is 19.6. The molecule has 0 bridgehead atoms. The van der Waals surface area contributed by atoms with Crippen molar-refractivity contribution >= 4 is 5.97 Å². The smallest absolute Gasteiger partial charge is 0.315 e. The van der Waals surface area contributed by atoms with Crippen molar-refractivity contribution in [2.24, 2.45) is 0 Å². The van der Waals surface area contributed by atoms with Crippen LogP contribution in [0.25, 0.3) is 0 Å². The van der Waals surface area contributed by atoms with Gasteiger partial charge in [0, 0.05) is 0 Å². The van der Waals surface area contributed by atoms with Gasteiger partial charge in [0.1, 0.15) is 5.75 Å². The minimum absolute atomic E-state index is 0.0543. The summed E-state index contributed by atoms with van der Waals surface area (Å²) in [6.45, 7) is 6.41. The molecule has 2 aromatic rings. The van der Waals surface area contributed by atoms with Gasteiger partial charge in [0.05, 0.1) is 27.8 Å². The van der Waals surface area contributed by atoms with Gasteiger partial charge in [-0.25, -0.2) is 0 Å². The second kappa shape index (κ2) is 8.13. The van der Waals surface area contributed by atoms with Gasteiger partial charge in [-0.15, -0.1) is 0 Å². The van der Waals surface area contributed by atoms with Crippen molar-refractivity contribution < 1.29 is 23.7 Å². The van der Waals surface area contributed by atoms with E-state index in [1.807, 2.05) is 24.3 Å². The molecule has 0 atom stereocenters. The lowest BCUT2D eigenvalue weighted by Crippen LogP contribution is -2.13. The summed E-state index contributed by atoms with van der Waals surface area (Å²) < 4.78 is 21.3. The molecule has 0 aliphatic rings. The highest BCUT2D eigenvalue weighted by Crippen LogP contribution is 2.38. The Labute approximate surface area is 154 Å². The summed E-state index contributed by atoms with van der Waals surface area (Å²) in [5.41, 5.74) is 1.95. The van der Waals surface area contributed by atoms with Crippen LogP contribution in [0.4, 0.5) is 0 Å². The van der Waals surface area contributed by atoms with Crippen LogP contribution in [0, 0.1) is 0 Å². The van der Waals surface area contributed by atoms with Crippen LogP contribution in [0.15, 0.2) is 36.4 Å². The first-order valence-corrected chi connectivity index (χ1v) is 8.38. The van der Waals surface area contributed by atoms with Gasteiger partial charge >= 0.3 is 5.97 Å². The molecule has 0 amide bonds. The maximum atomic E-state index is 12.3. The van der Waals surface area contributed by atoms with Gasteiger partial charge in [-0.05, 0) is 40.8 Å². The predicted octanol–water partition coefficient (Wildman–Crippen LogP) is 4.16. The molecule has 0 aromatic heterocycles. The lowest BCUT2D eigenvalue weighted by Gasteiger charge is -2.19. The molecular weight excluding hydrogens is 332 g/mol. The third kappa shape index (κ3) is 4.69. The molecule has 0 radical (unpaired) electrons. The lowest BCUT2D eigenvalue weighted by molar-refractivity contribution is -0.133. The fourth-order valence-electron chi connectivity index (χ4n) is 2.59. The summed E-state index contributed by atoms with van der Waals surface area (Å²) in [6.07, 6.45) is 0.0950. The maximum absolute atomic E-state index is 12.3. The molecule has 5 heteroatoms. The molecule has 0 aliphatic carbocycles. The van der Waals surface area contributed by atoms with E-state index in [1.54, 1.807) is 12.1 Å². The summed E-state index contributed by atoms with van der Waals surface area (Å²) >= 11 is 0. The third-order valence-corrected chi connectivity index (χ3v) is 4.03. The highest BCUT2D eigenvalue weighted by molar-refractivity contribution is 5.76. The Bertz CT molecular complexity index is 732. The molecular formula is C21H26O5. The number of rotatable bonds is 6. The van der Waals surface area contributed by atoms with E-state index in [9.17, 15) is 4.79 Å². The Morgan fingerprint density at radius 3 is 1.85 bits per heavy atom. The SMILES string of the molecule is COc1cc(CC(=O)Oc2ccc(C(C)(C)C)cc2)cc(OC)c1OC. The van der Waals surface area contributed by atoms with Gasteiger partial charge in [0.2, 0.25) is 5.75 Å². The van der Waals surface area contributed by atoms with Crippen molar-refractivity contribution in [1.82, 2.24) is 0 Å². The highest BCUT2D eigenvalue weighted by Gasteiger charge is 2.17. The molecule has 2 aromatic carbocycles. The van der Waals surface area contributed by atoms with Crippen molar-refractivity contribution in [2.45, 2.75) is 32.6 Å². The molecule has 0 aliphatic heterocycles. The number of esters is 1. The molecule has 140 valence electrons. The third-order valence-electron chi connectivity index (χ3n) is 4.03. The van der Waals surface area contributed by atoms with Crippen molar-refractivity contribution in [1.29, 1.82) is 0 Å². The predicted molar refractivity (Wildman–Crippen MR) is 101 cm³/mol. The number of hydrogen-bond donors (Lipinski definition) is 0. The number of methoxy groups -OCH3 is 3. The monoisotopic (exact) mass is 358 g/mol. The number of benzene rings is 2. The quantitative estimate of drug-likeness (QED) is 0.573. The fraction of sp³-hybridized carbons (Fsp3) is 0.381. The number of hydrogen-bond acceptors (Lipinski definition) is 5. The molecule has 0 saturated carbocycles. The van der Waals surface area contributed by atoms with Gasteiger partial charge < -0.3 is 18.9 Å². The minimum Gasteiger partial charge on any atom is -0.493 e. The molecule has 0 N–H and O–H groups in total. The van der Waals surface area contributed by atoms with Crippen LogP contribution in [-0.2, 0) is 16.6 Å². The van der Waals surface area contributed by atoms with E-state index in [4.69, 9.17) is 18.9 Å². The topological polar surface area (TPSA) is 54.0 Å². The second-order valence-corrected chi connectivity index (χ2v) is 6.96. The van der Waals surface area contributed by atoms with Crippen LogP contribution in [0.1, 0.15) is 31.9 Å². The van der Waals surface area contributed by atoms with Gasteiger partial charge in [-0.3, -0.25) is 4.79 Å². The first-order valence-electron chi connectivity index (χ1n) is 8.38. The van der Waals surface area contributed by atoms with E-state index in [-0.39, 0.29) is 17.8 Å². The summed E-state index contributed by atoms with van der Waals surface area (Å²) in [4.78, 5) is 12.3. The van der Waals surface area contributed by atoms with Gasteiger partial charge in [-0.1, -0.05) is 32.9 Å². The molecule has 0 spiro atoms. The van der Waals surface area contributed by atoms with Crippen molar-refractivity contribution in [3.8, 4) is 23.0 Å². The van der Waals surface area contributed by atoms with Crippen LogP contribution in [-0.4, -0.2) is 27.3 Å². The maximum Gasteiger partial charge on any atom is 0.315 e. The van der Waals surface area contributed by atoms with E-state index in [0.717, 1.165) is 5.56 Å². The molecule has 0 unspecified atom stereocenters. The van der Waals surface area contributed by atoms with Crippen LogP contribution < -0.4 is 18.9 Å². The zero-order chi connectivity index (χ0) is 19.3. The highest BCUT2D eigenvalue weighted by atomic mass is 16.5. The number of carbonyl (C=O) groups excluding carboxylic acids is 1.